The quantitative estimate of drug-likeness (QED) is 0.309. The van der Waals surface area contributed by atoms with Crippen molar-refractivity contribution in [3.63, 3.8) is 0 Å². The molecule has 172 valence electrons. The van der Waals surface area contributed by atoms with Crippen LogP contribution >= 0.6 is 0 Å². The molecular formula is C25H27N3O5. The van der Waals surface area contributed by atoms with Crippen molar-refractivity contribution in [3.8, 4) is 0 Å². The van der Waals surface area contributed by atoms with Crippen molar-refractivity contribution in [1.29, 1.82) is 0 Å². The number of hydrazine groups is 1. The smallest absolute Gasteiger partial charge is 0.280 e. The van der Waals surface area contributed by atoms with Gasteiger partial charge in [0.1, 0.15) is 0 Å². The number of hydrogen-bond donors (Lipinski definition) is 3. The summed E-state index contributed by atoms with van der Waals surface area (Å²) in [5, 5.41) is 9.99. The maximum Gasteiger partial charge on any atom is 0.280 e. The van der Waals surface area contributed by atoms with Gasteiger partial charge in [-0.25, -0.2) is 5.48 Å². The SMILES string of the molecule is CC(C)C[C@@H](C(=O)NN1C(=O)c2ccccc2C1=O)[C@H](CC=Cc1ccccc1)C(=O)NO. The van der Waals surface area contributed by atoms with E-state index in [1.165, 1.54) is 12.1 Å². The highest BCUT2D eigenvalue weighted by Crippen LogP contribution is 2.27. The van der Waals surface area contributed by atoms with Gasteiger partial charge in [0, 0.05) is 0 Å². The number of imide groups is 1. The summed E-state index contributed by atoms with van der Waals surface area (Å²) in [6.45, 7) is 3.80. The summed E-state index contributed by atoms with van der Waals surface area (Å²) in [5.41, 5.74) is 5.40. The first kappa shape index (κ1) is 23.9. The first-order chi connectivity index (χ1) is 15.8. The van der Waals surface area contributed by atoms with E-state index in [9.17, 15) is 24.4 Å². The largest absolute Gasteiger partial charge is 0.289 e. The summed E-state index contributed by atoms with van der Waals surface area (Å²) in [5.74, 6) is -4.36. The summed E-state index contributed by atoms with van der Waals surface area (Å²) in [6, 6.07) is 15.8. The van der Waals surface area contributed by atoms with Crippen LogP contribution in [0.1, 0.15) is 53.0 Å². The van der Waals surface area contributed by atoms with Crippen molar-refractivity contribution in [3.05, 3.63) is 77.4 Å². The minimum absolute atomic E-state index is 0.0371. The molecule has 0 unspecified atom stereocenters. The Hall–Kier alpha value is -3.78. The second-order valence-electron chi connectivity index (χ2n) is 8.33. The number of fused-ring (bicyclic) bond motifs is 1. The molecule has 2 atom stereocenters. The molecule has 0 spiro atoms. The molecule has 2 aromatic rings. The lowest BCUT2D eigenvalue weighted by Gasteiger charge is -2.27. The van der Waals surface area contributed by atoms with E-state index in [4.69, 9.17) is 0 Å². The molecule has 1 heterocycles. The van der Waals surface area contributed by atoms with Crippen molar-refractivity contribution in [1.82, 2.24) is 15.9 Å². The topological polar surface area (TPSA) is 116 Å². The van der Waals surface area contributed by atoms with Crippen molar-refractivity contribution < 1.29 is 24.4 Å². The van der Waals surface area contributed by atoms with E-state index in [1.807, 2.05) is 50.3 Å². The number of carbonyl (C=O) groups excluding carboxylic acids is 4. The van der Waals surface area contributed by atoms with Gasteiger partial charge in [-0.3, -0.25) is 29.8 Å². The van der Waals surface area contributed by atoms with Crippen molar-refractivity contribution in [2.75, 3.05) is 0 Å². The predicted molar refractivity (Wildman–Crippen MR) is 122 cm³/mol. The molecule has 0 saturated carbocycles. The van der Waals surface area contributed by atoms with Crippen molar-refractivity contribution >= 4 is 29.7 Å². The summed E-state index contributed by atoms with van der Waals surface area (Å²) in [4.78, 5) is 51.0. The molecular weight excluding hydrogens is 422 g/mol. The molecule has 0 radical (unpaired) electrons. The molecule has 2 aromatic carbocycles. The average molecular weight is 450 g/mol. The van der Waals surface area contributed by atoms with E-state index in [1.54, 1.807) is 23.7 Å². The zero-order valence-electron chi connectivity index (χ0n) is 18.5. The molecule has 3 N–H and O–H groups in total. The number of rotatable bonds is 9. The van der Waals surface area contributed by atoms with Gasteiger partial charge < -0.3 is 0 Å². The first-order valence-electron chi connectivity index (χ1n) is 10.8. The van der Waals surface area contributed by atoms with E-state index >= 15 is 0 Å². The second-order valence-corrected chi connectivity index (χ2v) is 8.33. The van der Waals surface area contributed by atoms with Gasteiger partial charge in [-0.1, -0.05) is 68.5 Å². The monoisotopic (exact) mass is 449 g/mol. The van der Waals surface area contributed by atoms with Gasteiger partial charge in [-0.05, 0) is 36.5 Å². The molecule has 4 amide bonds. The fourth-order valence-electron chi connectivity index (χ4n) is 3.90. The van der Waals surface area contributed by atoms with E-state index in [2.05, 4.69) is 5.43 Å². The Morgan fingerprint density at radius 3 is 2.03 bits per heavy atom. The summed E-state index contributed by atoms with van der Waals surface area (Å²) in [6.07, 6.45) is 4.07. The normalized spacial score (nSPS) is 15.0. The van der Waals surface area contributed by atoms with E-state index in [0.29, 0.717) is 11.4 Å². The molecule has 1 aliphatic rings. The Labute approximate surface area is 192 Å². The fourth-order valence-corrected chi connectivity index (χ4v) is 3.90. The minimum atomic E-state index is -0.910. The molecule has 0 saturated heterocycles. The number of benzene rings is 2. The zero-order valence-corrected chi connectivity index (χ0v) is 18.5. The van der Waals surface area contributed by atoms with Crippen molar-refractivity contribution in [2.45, 2.75) is 26.7 Å². The third-order valence-electron chi connectivity index (χ3n) is 5.51. The molecule has 3 rings (SSSR count). The Morgan fingerprint density at radius 2 is 1.48 bits per heavy atom. The average Bonchev–Trinajstić information content (AvgIpc) is 3.05. The van der Waals surface area contributed by atoms with Crippen LogP contribution in [0.25, 0.3) is 6.08 Å². The third-order valence-corrected chi connectivity index (χ3v) is 5.51. The molecule has 0 aromatic heterocycles. The van der Waals surface area contributed by atoms with Gasteiger partial charge in [-0.15, -0.1) is 0 Å². The van der Waals surface area contributed by atoms with Crippen molar-refractivity contribution in [2.24, 2.45) is 17.8 Å². The van der Waals surface area contributed by atoms with Crippen LogP contribution in [0.5, 0.6) is 0 Å². The number of amides is 4. The lowest BCUT2D eigenvalue weighted by molar-refractivity contribution is -0.141. The fraction of sp³-hybridized carbons (Fsp3) is 0.280. The van der Waals surface area contributed by atoms with Crippen LogP contribution in [0.2, 0.25) is 0 Å². The summed E-state index contributed by atoms with van der Waals surface area (Å²) < 4.78 is 0. The molecule has 0 fully saturated rings. The second kappa shape index (κ2) is 10.7. The number of nitrogens with one attached hydrogen (secondary N) is 2. The van der Waals surface area contributed by atoms with Gasteiger partial charge in [0.25, 0.3) is 11.8 Å². The Bertz CT molecular complexity index is 1030. The van der Waals surface area contributed by atoms with Gasteiger partial charge in [0.2, 0.25) is 11.8 Å². The van der Waals surface area contributed by atoms with Crippen LogP contribution in [0.4, 0.5) is 0 Å². The Balaban J connectivity index is 1.81. The standard InChI is InChI=1S/C25H27N3O5/c1-16(2)15-21(18(23(30)27-33)14-8-11-17-9-4-3-5-10-17)22(29)26-28-24(31)19-12-6-7-13-20(19)25(28)32/h3-13,16,18,21,33H,14-15H2,1-2H3,(H,26,29)(H,27,30)/t18-,21+/m0/s1. The van der Waals surface area contributed by atoms with E-state index in [-0.39, 0.29) is 23.5 Å². The van der Waals surface area contributed by atoms with Gasteiger partial charge in [0.05, 0.1) is 23.0 Å². The van der Waals surface area contributed by atoms with Gasteiger partial charge in [-0.2, -0.15) is 5.01 Å². The first-order valence-corrected chi connectivity index (χ1v) is 10.8. The lowest BCUT2D eigenvalue weighted by Crippen LogP contribution is -2.51. The third kappa shape index (κ3) is 5.53. The molecule has 33 heavy (non-hydrogen) atoms. The van der Waals surface area contributed by atoms with Gasteiger partial charge >= 0.3 is 0 Å². The number of hydrogen-bond acceptors (Lipinski definition) is 5. The minimum Gasteiger partial charge on any atom is -0.289 e. The van der Waals surface area contributed by atoms with Crippen LogP contribution in [-0.4, -0.2) is 33.8 Å². The Morgan fingerprint density at radius 1 is 0.909 bits per heavy atom. The molecule has 1 aliphatic heterocycles. The van der Waals surface area contributed by atoms with Crippen LogP contribution in [-0.2, 0) is 9.59 Å². The molecule has 0 aliphatic carbocycles. The summed E-state index contributed by atoms with van der Waals surface area (Å²) in [7, 11) is 0. The highest BCUT2D eigenvalue weighted by Gasteiger charge is 2.40. The number of nitrogens with zero attached hydrogens (tertiary/aromatic N) is 1. The number of carbonyl (C=O) groups is 4. The number of hydroxylamine groups is 1. The maximum atomic E-state index is 13.2. The summed E-state index contributed by atoms with van der Waals surface area (Å²) >= 11 is 0. The number of allylic oxidation sites excluding steroid dienone is 1. The highest BCUT2D eigenvalue weighted by molar-refractivity contribution is 6.21. The van der Waals surface area contributed by atoms with Crippen LogP contribution in [0.3, 0.4) is 0 Å². The predicted octanol–water partition coefficient (Wildman–Crippen LogP) is 3.20. The van der Waals surface area contributed by atoms with E-state index < -0.39 is 35.5 Å². The van der Waals surface area contributed by atoms with Crippen LogP contribution in [0, 0.1) is 17.8 Å². The van der Waals surface area contributed by atoms with Crippen LogP contribution in [0.15, 0.2) is 60.7 Å². The highest BCUT2D eigenvalue weighted by atomic mass is 16.5. The molecule has 8 nitrogen and oxygen atoms in total. The van der Waals surface area contributed by atoms with Gasteiger partial charge in [0.15, 0.2) is 0 Å². The lowest BCUT2D eigenvalue weighted by atomic mass is 9.82. The Kier molecular flexibility index (Phi) is 7.74. The molecule has 0 bridgehead atoms. The van der Waals surface area contributed by atoms with Crippen LogP contribution < -0.4 is 10.9 Å². The maximum absolute atomic E-state index is 13.2. The zero-order chi connectivity index (χ0) is 24.0. The van der Waals surface area contributed by atoms with E-state index in [0.717, 1.165) is 5.56 Å². The molecule has 8 heteroatoms.